The minimum Gasteiger partial charge on any atom is -0.465 e. The normalized spacial score (nSPS) is 20.3. The van der Waals surface area contributed by atoms with Crippen LogP contribution in [0.15, 0.2) is 41.3 Å². The van der Waals surface area contributed by atoms with Gasteiger partial charge in [-0.05, 0) is 56.4 Å². The molecule has 4 rings (SSSR count). The topological polar surface area (TPSA) is 116 Å². The van der Waals surface area contributed by atoms with Crippen LogP contribution in [0, 0.1) is 23.0 Å². The van der Waals surface area contributed by atoms with Crippen LogP contribution in [0.1, 0.15) is 37.7 Å². The lowest BCUT2D eigenvalue weighted by atomic mass is 10.2. The standard InChI is InChI=1S/C18H16Cl2F2O3S.C5H6N2O2/c19-11-7-16(21)14(17(22)8-11)10-25-12-5-6-13(9-12)26(23,24)18-4-2-1-3-15(18)20;6-3-5(1-2-5)7-4(8)9/h1-4,7-8,12-13H,5-6,9-10H2;7H,1-2H2,(H,8,9)/t12-,13-;/m0./s1. The zero-order valence-electron chi connectivity index (χ0n) is 18.3. The van der Waals surface area contributed by atoms with Crippen LogP contribution in [0.5, 0.6) is 0 Å². The number of carbonyl (C=O) groups is 1. The maximum atomic E-state index is 13.8. The number of sulfone groups is 1. The molecule has 0 unspecified atom stereocenters. The van der Waals surface area contributed by atoms with E-state index in [1.807, 2.05) is 6.07 Å². The number of rotatable bonds is 6. The minimum absolute atomic E-state index is 0.0319. The fraction of sp³-hybridized carbons (Fsp3) is 0.391. The molecule has 12 heteroatoms. The van der Waals surface area contributed by atoms with Crippen LogP contribution in [-0.2, 0) is 21.2 Å². The van der Waals surface area contributed by atoms with Gasteiger partial charge in [-0.3, -0.25) is 0 Å². The molecule has 0 radical (unpaired) electrons. The monoisotopic (exact) mass is 546 g/mol. The largest absolute Gasteiger partial charge is 0.465 e. The van der Waals surface area contributed by atoms with Crippen molar-refractivity contribution < 1.29 is 31.8 Å². The summed E-state index contributed by atoms with van der Waals surface area (Å²) in [7, 11) is -3.58. The van der Waals surface area contributed by atoms with Gasteiger partial charge in [-0.15, -0.1) is 0 Å². The van der Waals surface area contributed by atoms with Crippen molar-refractivity contribution >= 4 is 39.1 Å². The molecule has 0 aromatic heterocycles. The molecule has 2 saturated carbocycles. The van der Waals surface area contributed by atoms with Crippen molar-refractivity contribution in [2.24, 2.45) is 0 Å². The summed E-state index contributed by atoms with van der Waals surface area (Å²) >= 11 is 11.6. The number of halogens is 4. The van der Waals surface area contributed by atoms with Gasteiger partial charge in [0, 0.05) is 10.6 Å². The molecule has 2 atom stereocenters. The van der Waals surface area contributed by atoms with Gasteiger partial charge in [0.1, 0.15) is 17.2 Å². The first-order valence-corrected chi connectivity index (χ1v) is 12.9. The molecule has 2 N–H and O–H groups in total. The maximum Gasteiger partial charge on any atom is 0.405 e. The Bertz CT molecular complexity index is 1230. The lowest BCUT2D eigenvalue weighted by Gasteiger charge is -2.15. The Kier molecular flexibility index (Phi) is 8.59. The summed E-state index contributed by atoms with van der Waals surface area (Å²) in [5.74, 6) is -1.57. The van der Waals surface area contributed by atoms with E-state index in [0.29, 0.717) is 25.7 Å². The highest BCUT2D eigenvalue weighted by Crippen LogP contribution is 2.35. The van der Waals surface area contributed by atoms with E-state index in [2.05, 4.69) is 5.32 Å². The highest BCUT2D eigenvalue weighted by atomic mass is 35.5. The quantitative estimate of drug-likeness (QED) is 0.494. The van der Waals surface area contributed by atoms with Crippen molar-refractivity contribution in [3.8, 4) is 6.07 Å². The van der Waals surface area contributed by atoms with Crippen molar-refractivity contribution in [2.75, 3.05) is 0 Å². The van der Waals surface area contributed by atoms with Crippen LogP contribution < -0.4 is 5.32 Å². The third-order valence-corrected chi connectivity index (χ3v) is 8.73. The fourth-order valence-electron chi connectivity index (χ4n) is 3.69. The van der Waals surface area contributed by atoms with Gasteiger partial charge in [0.2, 0.25) is 0 Å². The molecule has 2 aliphatic carbocycles. The molecule has 2 fully saturated rings. The van der Waals surface area contributed by atoms with E-state index in [0.717, 1.165) is 12.1 Å². The van der Waals surface area contributed by atoms with Crippen molar-refractivity contribution in [3.63, 3.8) is 0 Å². The Morgan fingerprint density at radius 1 is 1.20 bits per heavy atom. The van der Waals surface area contributed by atoms with E-state index in [1.54, 1.807) is 12.1 Å². The summed E-state index contributed by atoms with van der Waals surface area (Å²) in [6, 6.07) is 10.2. The third-order valence-electron chi connectivity index (χ3n) is 5.80. The second kappa shape index (κ2) is 11.1. The molecule has 0 saturated heterocycles. The first-order chi connectivity index (χ1) is 16.5. The highest BCUT2D eigenvalue weighted by Gasteiger charge is 2.44. The molecule has 0 bridgehead atoms. The SMILES string of the molecule is N#CC1(NC(=O)O)CC1.O=S(=O)(c1ccccc1Cl)[C@H]1CC[C@H](OCc2c(F)cc(Cl)cc2F)C1. The van der Waals surface area contributed by atoms with Gasteiger partial charge in [0.15, 0.2) is 9.84 Å². The van der Waals surface area contributed by atoms with E-state index in [4.69, 9.17) is 38.3 Å². The van der Waals surface area contributed by atoms with E-state index in [9.17, 15) is 22.0 Å². The zero-order valence-corrected chi connectivity index (χ0v) is 20.6. The van der Waals surface area contributed by atoms with Crippen LogP contribution >= 0.6 is 23.2 Å². The number of nitrogens with zero attached hydrogens (tertiary/aromatic N) is 1. The van der Waals surface area contributed by atoms with E-state index < -0.39 is 44.5 Å². The second-order valence-corrected chi connectivity index (χ2v) is 11.4. The summed E-state index contributed by atoms with van der Waals surface area (Å²) in [5.41, 5.74) is -0.946. The predicted molar refractivity (Wildman–Crippen MR) is 125 cm³/mol. The number of hydrogen-bond acceptors (Lipinski definition) is 5. The van der Waals surface area contributed by atoms with Gasteiger partial charge >= 0.3 is 6.09 Å². The Labute approximate surface area is 211 Å². The molecular formula is C23H22Cl2F2N2O5S. The number of amides is 1. The van der Waals surface area contributed by atoms with Crippen molar-refractivity contribution in [2.45, 2.75) is 60.5 Å². The molecule has 188 valence electrons. The van der Waals surface area contributed by atoms with Crippen molar-refractivity contribution in [1.82, 2.24) is 5.32 Å². The fourth-order valence-corrected chi connectivity index (χ4v) is 6.23. The number of hydrogen-bond donors (Lipinski definition) is 2. The first-order valence-electron chi connectivity index (χ1n) is 10.6. The molecular weight excluding hydrogens is 525 g/mol. The molecule has 2 aromatic rings. The predicted octanol–water partition coefficient (Wildman–Crippen LogP) is 5.49. The summed E-state index contributed by atoms with van der Waals surface area (Å²) in [6.07, 6.45) is 0.936. The average molecular weight is 547 g/mol. The number of carboxylic acid groups (broad SMARTS) is 1. The smallest absolute Gasteiger partial charge is 0.405 e. The Morgan fingerprint density at radius 3 is 2.34 bits per heavy atom. The molecule has 0 aliphatic heterocycles. The molecule has 35 heavy (non-hydrogen) atoms. The average Bonchev–Trinajstić information content (AvgIpc) is 3.37. The lowest BCUT2D eigenvalue weighted by Crippen LogP contribution is -2.33. The second-order valence-electron chi connectivity index (χ2n) is 8.32. The molecule has 0 spiro atoms. The summed E-state index contributed by atoms with van der Waals surface area (Å²) in [4.78, 5) is 10.1. The Morgan fingerprint density at radius 2 is 1.83 bits per heavy atom. The molecule has 2 aliphatic rings. The summed E-state index contributed by atoms with van der Waals surface area (Å²) < 4.78 is 58.7. The first kappa shape index (κ1) is 27.1. The van der Waals surface area contributed by atoms with E-state index in [-0.39, 0.29) is 33.5 Å². The van der Waals surface area contributed by atoms with Crippen LogP contribution in [-0.4, -0.2) is 36.5 Å². The van der Waals surface area contributed by atoms with Gasteiger partial charge in [-0.1, -0.05) is 35.3 Å². The maximum absolute atomic E-state index is 13.8. The lowest BCUT2D eigenvalue weighted by molar-refractivity contribution is 0.0425. The van der Waals surface area contributed by atoms with Gasteiger partial charge in [-0.25, -0.2) is 22.0 Å². The third kappa shape index (κ3) is 6.82. The van der Waals surface area contributed by atoms with Crippen molar-refractivity contribution in [1.29, 1.82) is 5.26 Å². The van der Waals surface area contributed by atoms with Crippen LogP contribution in [0.3, 0.4) is 0 Å². The highest BCUT2D eigenvalue weighted by molar-refractivity contribution is 7.92. The number of benzene rings is 2. The van der Waals surface area contributed by atoms with Crippen LogP contribution in [0.25, 0.3) is 0 Å². The molecule has 2 aromatic carbocycles. The van der Waals surface area contributed by atoms with Gasteiger partial charge < -0.3 is 15.2 Å². The Balaban J connectivity index is 0.000000320. The Hall–Kier alpha value is -2.45. The summed E-state index contributed by atoms with van der Waals surface area (Å²) in [6.45, 7) is -0.279. The molecule has 1 amide bonds. The van der Waals surface area contributed by atoms with Gasteiger partial charge in [0.05, 0.1) is 33.9 Å². The molecule has 7 nitrogen and oxygen atoms in total. The van der Waals surface area contributed by atoms with Gasteiger partial charge in [0.25, 0.3) is 0 Å². The zero-order chi connectivity index (χ0) is 25.8. The van der Waals surface area contributed by atoms with E-state index in [1.165, 1.54) is 12.1 Å². The number of nitrogens with one attached hydrogen (secondary N) is 1. The number of ether oxygens (including phenoxy) is 1. The van der Waals surface area contributed by atoms with Crippen LogP contribution in [0.4, 0.5) is 13.6 Å². The van der Waals surface area contributed by atoms with Crippen molar-refractivity contribution in [3.05, 3.63) is 63.6 Å². The summed E-state index contributed by atoms with van der Waals surface area (Å²) in [5, 5.41) is 18.1. The van der Waals surface area contributed by atoms with Gasteiger partial charge in [-0.2, -0.15) is 5.26 Å². The number of nitriles is 1. The van der Waals surface area contributed by atoms with E-state index >= 15 is 0 Å². The molecule has 0 heterocycles. The van der Waals surface area contributed by atoms with Crippen LogP contribution in [0.2, 0.25) is 10.0 Å². The minimum atomic E-state index is -3.58.